The third-order valence-corrected chi connectivity index (χ3v) is 5.59. The summed E-state index contributed by atoms with van der Waals surface area (Å²) in [5, 5.41) is 7.34. The van der Waals surface area contributed by atoms with Crippen molar-refractivity contribution >= 4 is 33.1 Å². The van der Waals surface area contributed by atoms with Gasteiger partial charge in [-0.3, -0.25) is 4.99 Å². The van der Waals surface area contributed by atoms with Gasteiger partial charge >= 0.3 is 0 Å². The molecule has 0 radical (unpaired) electrons. The Kier molecular flexibility index (Phi) is 4.52. The quantitative estimate of drug-likeness (QED) is 0.765. The fourth-order valence-electron chi connectivity index (χ4n) is 3.56. The lowest BCUT2D eigenvalue weighted by atomic mass is 9.86. The highest BCUT2D eigenvalue weighted by Gasteiger charge is 2.41. The van der Waals surface area contributed by atoms with Crippen molar-refractivity contribution in [2.75, 3.05) is 23.8 Å². The summed E-state index contributed by atoms with van der Waals surface area (Å²) in [6, 6.07) is 14.8. The van der Waals surface area contributed by atoms with Crippen LogP contribution in [0.4, 0.5) is 11.4 Å². The van der Waals surface area contributed by atoms with Crippen molar-refractivity contribution in [2.45, 2.75) is 31.8 Å². The van der Waals surface area contributed by atoms with Gasteiger partial charge in [-0.15, -0.1) is 0 Å². The summed E-state index contributed by atoms with van der Waals surface area (Å²) in [6.07, 6.45) is 1.83. The lowest BCUT2D eigenvalue weighted by Crippen LogP contribution is -2.55. The minimum Gasteiger partial charge on any atom is -0.381 e. The number of rotatable bonds is 2. The number of nitrogens with zero attached hydrogens (tertiary/aromatic N) is 1. The number of fused-ring (bicyclic) bond motifs is 1. The van der Waals surface area contributed by atoms with Crippen LogP contribution >= 0.6 is 15.9 Å². The van der Waals surface area contributed by atoms with E-state index >= 15 is 0 Å². The van der Waals surface area contributed by atoms with E-state index in [4.69, 9.17) is 9.73 Å². The second-order valence-electron chi connectivity index (χ2n) is 6.76. The average Bonchev–Trinajstić information content (AvgIpc) is 2.61. The predicted octanol–water partition coefficient (Wildman–Crippen LogP) is 4.74. The third-order valence-electron chi connectivity index (χ3n) is 4.93. The maximum absolute atomic E-state index is 5.60. The highest BCUT2D eigenvalue weighted by Crippen LogP contribution is 2.40. The second kappa shape index (κ2) is 6.81. The van der Waals surface area contributed by atoms with Crippen molar-refractivity contribution in [2.24, 2.45) is 4.99 Å². The minimum absolute atomic E-state index is 0.171. The van der Waals surface area contributed by atoms with Gasteiger partial charge in [-0.2, -0.15) is 0 Å². The maximum atomic E-state index is 5.60. The van der Waals surface area contributed by atoms with Crippen molar-refractivity contribution in [3.63, 3.8) is 0 Å². The predicted molar refractivity (Wildman–Crippen MR) is 106 cm³/mol. The Hall–Kier alpha value is -1.85. The van der Waals surface area contributed by atoms with Crippen molar-refractivity contribution in [3.05, 3.63) is 58.1 Å². The fraction of sp³-hybridized carbons (Fsp3) is 0.350. The maximum Gasteiger partial charge on any atom is 0.127 e. The number of ether oxygens (including phenoxy) is 1. The van der Waals surface area contributed by atoms with Gasteiger partial charge in [0.25, 0.3) is 0 Å². The van der Waals surface area contributed by atoms with E-state index in [1.165, 1.54) is 11.1 Å². The minimum atomic E-state index is -0.171. The summed E-state index contributed by atoms with van der Waals surface area (Å²) >= 11 is 3.65. The average molecular weight is 400 g/mol. The van der Waals surface area contributed by atoms with Gasteiger partial charge in [0.1, 0.15) is 5.84 Å². The van der Waals surface area contributed by atoms with Gasteiger partial charge in [-0.1, -0.05) is 35.9 Å². The topological polar surface area (TPSA) is 45.7 Å². The zero-order chi connectivity index (χ0) is 17.3. The van der Waals surface area contributed by atoms with E-state index in [-0.39, 0.29) is 5.54 Å². The molecule has 1 spiro atoms. The summed E-state index contributed by atoms with van der Waals surface area (Å²) in [7, 11) is 0. The molecule has 2 aromatic carbocycles. The zero-order valence-electron chi connectivity index (χ0n) is 14.3. The van der Waals surface area contributed by atoms with Crippen LogP contribution in [-0.2, 0) is 11.3 Å². The molecule has 25 heavy (non-hydrogen) atoms. The number of benzene rings is 2. The van der Waals surface area contributed by atoms with Crippen LogP contribution in [0.3, 0.4) is 0 Å². The summed E-state index contributed by atoms with van der Waals surface area (Å²) in [5.74, 6) is 1.01. The molecule has 0 aliphatic carbocycles. The van der Waals surface area contributed by atoms with E-state index in [0.29, 0.717) is 6.54 Å². The number of hydrogen-bond acceptors (Lipinski definition) is 3. The van der Waals surface area contributed by atoms with E-state index in [1.54, 1.807) is 0 Å². The molecular formula is C20H22BrN3O. The second-order valence-corrected chi connectivity index (χ2v) is 7.62. The first-order chi connectivity index (χ1) is 12.2. The molecule has 0 amide bonds. The first kappa shape index (κ1) is 16.6. The number of amidine groups is 1. The molecule has 0 bridgehead atoms. The SMILES string of the molecule is Cc1cccc(CN=C2Nc3c(Br)cccc3NC23CCOCC3)c1. The van der Waals surface area contributed by atoms with Crippen LogP contribution in [0.2, 0.25) is 0 Å². The highest BCUT2D eigenvalue weighted by molar-refractivity contribution is 9.10. The lowest BCUT2D eigenvalue weighted by Gasteiger charge is -2.44. The molecule has 1 fully saturated rings. The first-order valence-corrected chi connectivity index (χ1v) is 9.48. The number of aryl methyl sites for hydroxylation is 1. The van der Waals surface area contributed by atoms with Gasteiger partial charge in [-0.25, -0.2) is 0 Å². The van der Waals surface area contributed by atoms with Crippen LogP contribution in [0.15, 0.2) is 51.9 Å². The monoisotopic (exact) mass is 399 g/mol. The molecule has 0 atom stereocenters. The van der Waals surface area contributed by atoms with E-state index in [0.717, 1.165) is 47.7 Å². The molecule has 0 unspecified atom stereocenters. The van der Waals surface area contributed by atoms with Crippen molar-refractivity contribution < 1.29 is 4.74 Å². The van der Waals surface area contributed by atoms with E-state index in [2.05, 4.69) is 69.9 Å². The van der Waals surface area contributed by atoms with Gasteiger partial charge in [-0.05, 0) is 40.5 Å². The molecule has 0 aromatic heterocycles. The Morgan fingerprint density at radius 2 is 1.96 bits per heavy atom. The molecule has 2 N–H and O–H groups in total. The smallest absolute Gasteiger partial charge is 0.127 e. The third kappa shape index (κ3) is 3.31. The number of anilines is 2. The van der Waals surface area contributed by atoms with Crippen LogP contribution in [0, 0.1) is 6.92 Å². The first-order valence-electron chi connectivity index (χ1n) is 8.68. The summed E-state index contributed by atoms with van der Waals surface area (Å²) in [5.41, 5.74) is 4.50. The molecule has 5 heteroatoms. The van der Waals surface area contributed by atoms with E-state index < -0.39 is 0 Å². The Bertz CT molecular complexity index is 812. The Balaban J connectivity index is 1.69. The van der Waals surface area contributed by atoms with Gasteiger partial charge < -0.3 is 15.4 Å². The van der Waals surface area contributed by atoms with Crippen LogP contribution in [0.1, 0.15) is 24.0 Å². The summed E-state index contributed by atoms with van der Waals surface area (Å²) in [6.45, 7) is 4.29. The van der Waals surface area contributed by atoms with Crippen LogP contribution < -0.4 is 10.6 Å². The standard InChI is InChI=1S/C20H22BrN3O/c1-14-4-2-5-15(12-14)13-22-19-20(8-10-25-11-9-20)24-17-7-3-6-16(21)18(17)23-19/h2-7,12,24H,8-11,13H2,1H3,(H,22,23). The Labute approximate surface area is 156 Å². The van der Waals surface area contributed by atoms with Crippen molar-refractivity contribution in [1.29, 1.82) is 0 Å². The van der Waals surface area contributed by atoms with E-state index in [9.17, 15) is 0 Å². The summed E-state index contributed by atoms with van der Waals surface area (Å²) in [4.78, 5) is 4.98. The largest absolute Gasteiger partial charge is 0.381 e. The van der Waals surface area contributed by atoms with Gasteiger partial charge in [0.05, 0.1) is 23.5 Å². The van der Waals surface area contributed by atoms with Crippen molar-refractivity contribution in [3.8, 4) is 0 Å². The molecule has 2 aliphatic heterocycles. The fourth-order valence-corrected chi connectivity index (χ4v) is 4.03. The molecule has 4 nitrogen and oxygen atoms in total. The summed E-state index contributed by atoms with van der Waals surface area (Å²) < 4.78 is 6.65. The van der Waals surface area contributed by atoms with Crippen LogP contribution in [-0.4, -0.2) is 24.6 Å². The molecule has 2 heterocycles. The Morgan fingerprint density at radius 3 is 2.76 bits per heavy atom. The van der Waals surface area contributed by atoms with Gasteiger partial charge in [0, 0.05) is 30.5 Å². The zero-order valence-corrected chi connectivity index (χ0v) is 15.9. The van der Waals surface area contributed by atoms with Gasteiger partial charge in [0.15, 0.2) is 0 Å². The molecule has 0 saturated carbocycles. The number of para-hydroxylation sites is 1. The normalized spacial score (nSPS) is 20.0. The van der Waals surface area contributed by atoms with Crippen LogP contribution in [0.5, 0.6) is 0 Å². The number of halogens is 1. The van der Waals surface area contributed by atoms with Gasteiger partial charge in [0.2, 0.25) is 0 Å². The Morgan fingerprint density at radius 1 is 1.16 bits per heavy atom. The van der Waals surface area contributed by atoms with Crippen molar-refractivity contribution in [1.82, 2.24) is 0 Å². The molecule has 2 aromatic rings. The molecular weight excluding hydrogens is 378 g/mol. The van der Waals surface area contributed by atoms with Crippen LogP contribution in [0.25, 0.3) is 0 Å². The molecule has 130 valence electrons. The highest BCUT2D eigenvalue weighted by atomic mass is 79.9. The number of aliphatic imine (C=N–C) groups is 1. The lowest BCUT2D eigenvalue weighted by molar-refractivity contribution is 0.0778. The number of nitrogens with one attached hydrogen (secondary N) is 2. The molecule has 1 saturated heterocycles. The molecule has 2 aliphatic rings. The van der Waals surface area contributed by atoms with E-state index in [1.807, 2.05) is 6.07 Å². The number of hydrogen-bond donors (Lipinski definition) is 2. The molecule has 4 rings (SSSR count).